The van der Waals surface area contributed by atoms with Crippen molar-refractivity contribution in [1.82, 2.24) is 0 Å². The Labute approximate surface area is 110 Å². The molecule has 1 N–H and O–H groups in total. The minimum absolute atomic E-state index is 0.153. The zero-order valence-corrected chi connectivity index (χ0v) is 11.9. The Bertz CT molecular complexity index is 353. The van der Waals surface area contributed by atoms with E-state index in [2.05, 4.69) is 0 Å². The van der Waals surface area contributed by atoms with Crippen molar-refractivity contribution >= 4 is 0 Å². The lowest BCUT2D eigenvalue weighted by Gasteiger charge is -2.32. The normalized spacial score (nSPS) is 16.4. The van der Waals surface area contributed by atoms with E-state index in [4.69, 9.17) is 9.47 Å². The molecule has 0 aliphatic carbocycles. The van der Waals surface area contributed by atoms with E-state index in [0.717, 1.165) is 17.7 Å². The Morgan fingerprint density at radius 2 is 1.78 bits per heavy atom. The van der Waals surface area contributed by atoms with Gasteiger partial charge >= 0.3 is 0 Å². The number of hydrogen-bond donors (Lipinski definition) is 1. The van der Waals surface area contributed by atoms with Crippen LogP contribution < -0.4 is 4.74 Å². The molecule has 0 spiro atoms. The van der Waals surface area contributed by atoms with Gasteiger partial charge in [0.05, 0.1) is 11.7 Å². The predicted octanol–water partition coefficient (Wildman–Crippen LogP) is 3.32. The van der Waals surface area contributed by atoms with Crippen LogP contribution in [-0.2, 0) is 4.74 Å². The summed E-state index contributed by atoms with van der Waals surface area (Å²) in [5, 5.41) is 10.3. The second kappa shape index (κ2) is 6.21. The minimum Gasteiger partial charge on any atom is -0.491 e. The third-order valence-electron chi connectivity index (χ3n) is 3.31. The Balaban J connectivity index is 2.84. The molecular formula is C15H24O3. The summed E-state index contributed by atoms with van der Waals surface area (Å²) in [5.74, 6) is 0.816. The van der Waals surface area contributed by atoms with Gasteiger partial charge < -0.3 is 14.6 Å². The number of rotatable bonds is 6. The van der Waals surface area contributed by atoms with E-state index in [1.807, 2.05) is 52.0 Å². The molecule has 1 aromatic carbocycles. The second-order valence-electron chi connectivity index (χ2n) is 5.01. The first-order valence-corrected chi connectivity index (χ1v) is 6.42. The van der Waals surface area contributed by atoms with Crippen LogP contribution in [0.15, 0.2) is 24.3 Å². The van der Waals surface area contributed by atoms with Crippen molar-refractivity contribution in [1.29, 1.82) is 0 Å². The second-order valence-corrected chi connectivity index (χ2v) is 5.01. The van der Waals surface area contributed by atoms with Crippen molar-refractivity contribution in [3.63, 3.8) is 0 Å². The fourth-order valence-electron chi connectivity index (χ4n) is 1.80. The van der Waals surface area contributed by atoms with Crippen molar-refractivity contribution in [2.24, 2.45) is 0 Å². The van der Waals surface area contributed by atoms with Gasteiger partial charge in [0.25, 0.3) is 0 Å². The lowest BCUT2D eigenvalue weighted by Crippen LogP contribution is -2.34. The highest BCUT2D eigenvalue weighted by atomic mass is 16.5. The summed E-state index contributed by atoms with van der Waals surface area (Å²) >= 11 is 0. The monoisotopic (exact) mass is 252 g/mol. The summed E-state index contributed by atoms with van der Waals surface area (Å²) in [6.07, 6.45) is 0.260. The first-order valence-electron chi connectivity index (χ1n) is 6.42. The molecule has 3 heteroatoms. The fourth-order valence-corrected chi connectivity index (χ4v) is 1.80. The van der Waals surface area contributed by atoms with Crippen molar-refractivity contribution in [3.8, 4) is 5.75 Å². The molecule has 0 amide bonds. The first kappa shape index (κ1) is 15.0. The van der Waals surface area contributed by atoms with Crippen LogP contribution >= 0.6 is 0 Å². The van der Waals surface area contributed by atoms with Crippen LogP contribution in [0.25, 0.3) is 0 Å². The highest BCUT2D eigenvalue weighted by Gasteiger charge is 2.32. The zero-order valence-electron chi connectivity index (χ0n) is 11.9. The standard InChI is InChI=1S/C15H24O3/c1-6-15(4,17-5)14(16)12-7-9-13(10-8-12)18-11(2)3/h7-11,14,16H,6H2,1-5H3. The van der Waals surface area contributed by atoms with Gasteiger partial charge in [0.2, 0.25) is 0 Å². The average Bonchev–Trinajstić information content (AvgIpc) is 2.37. The third kappa shape index (κ3) is 3.47. The van der Waals surface area contributed by atoms with Crippen LogP contribution in [0.3, 0.4) is 0 Å². The molecule has 0 aromatic heterocycles. The fraction of sp³-hybridized carbons (Fsp3) is 0.600. The molecule has 0 heterocycles. The number of ether oxygens (including phenoxy) is 2. The van der Waals surface area contributed by atoms with E-state index in [-0.39, 0.29) is 6.10 Å². The molecule has 0 saturated carbocycles. The molecule has 0 aliphatic rings. The van der Waals surface area contributed by atoms with E-state index < -0.39 is 11.7 Å². The first-order chi connectivity index (χ1) is 8.42. The van der Waals surface area contributed by atoms with Crippen LogP contribution in [0, 0.1) is 0 Å². The Morgan fingerprint density at radius 3 is 2.17 bits per heavy atom. The van der Waals surface area contributed by atoms with Gasteiger partial charge in [-0.15, -0.1) is 0 Å². The van der Waals surface area contributed by atoms with Crippen LogP contribution in [0.1, 0.15) is 45.8 Å². The number of aliphatic hydroxyl groups excluding tert-OH is 1. The molecular weight excluding hydrogens is 228 g/mol. The van der Waals surface area contributed by atoms with Crippen LogP contribution in [0.5, 0.6) is 5.75 Å². The smallest absolute Gasteiger partial charge is 0.119 e. The van der Waals surface area contributed by atoms with Crippen molar-refractivity contribution in [3.05, 3.63) is 29.8 Å². The third-order valence-corrected chi connectivity index (χ3v) is 3.31. The molecule has 1 rings (SSSR count). The molecule has 3 nitrogen and oxygen atoms in total. The SMILES string of the molecule is CCC(C)(OC)C(O)c1ccc(OC(C)C)cc1. The lowest BCUT2D eigenvalue weighted by atomic mass is 9.90. The molecule has 18 heavy (non-hydrogen) atoms. The summed E-state index contributed by atoms with van der Waals surface area (Å²) < 4.78 is 11.0. The number of benzene rings is 1. The van der Waals surface area contributed by atoms with E-state index in [0.29, 0.717) is 0 Å². The Hall–Kier alpha value is -1.06. The van der Waals surface area contributed by atoms with Gasteiger partial charge in [-0.05, 0) is 44.9 Å². The van der Waals surface area contributed by atoms with E-state index in [1.165, 1.54) is 0 Å². The van der Waals surface area contributed by atoms with Crippen molar-refractivity contribution in [2.75, 3.05) is 7.11 Å². The molecule has 0 radical (unpaired) electrons. The summed E-state index contributed by atoms with van der Waals surface area (Å²) in [4.78, 5) is 0. The van der Waals surface area contributed by atoms with Crippen LogP contribution in [-0.4, -0.2) is 23.9 Å². The van der Waals surface area contributed by atoms with Crippen LogP contribution in [0.4, 0.5) is 0 Å². The molecule has 0 saturated heterocycles. The Kier molecular flexibility index (Phi) is 5.17. The van der Waals surface area contributed by atoms with Gasteiger partial charge in [0.15, 0.2) is 0 Å². The van der Waals surface area contributed by atoms with Gasteiger partial charge in [0, 0.05) is 7.11 Å². The quantitative estimate of drug-likeness (QED) is 0.844. The maximum atomic E-state index is 10.3. The summed E-state index contributed by atoms with van der Waals surface area (Å²) in [7, 11) is 1.63. The maximum Gasteiger partial charge on any atom is 0.119 e. The minimum atomic E-state index is -0.638. The molecule has 0 bridgehead atoms. The van der Waals surface area contributed by atoms with E-state index in [9.17, 15) is 5.11 Å². The highest BCUT2D eigenvalue weighted by molar-refractivity contribution is 5.29. The number of aliphatic hydroxyl groups is 1. The maximum absolute atomic E-state index is 10.3. The summed E-state index contributed by atoms with van der Waals surface area (Å²) in [6.45, 7) is 7.89. The Morgan fingerprint density at radius 1 is 1.22 bits per heavy atom. The van der Waals surface area contributed by atoms with Gasteiger partial charge in [-0.2, -0.15) is 0 Å². The van der Waals surface area contributed by atoms with E-state index >= 15 is 0 Å². The van der Waals surface area contributed by atoms with Gasteiger partial charge in [-0.1, -0.05) is 19.1 Å². The average molecular weight is 252 g/mol. The van der Waals surface area contributed by atoms with Gasteiger partial charge in [-0.3, -0.25) is 0 Å². The van der Waals surface area contributed by atoms with Gasteiger partial charge in [0.1, 0.15) is 11.9 Å². The summed E-state index contributed by atoms with van der Waals surface area (Å²) in [6, 6.07) is 7.53. The number of hydrogen-bond acceptors (Lipinski definition) is 3. The molecule has 0 fully saturated rings. The van der Waals surface area contributed by atoms with Crippen molar-refractivity contribution < 1.29 is 14.6 Å². The van der Waals surface area contributed by atoms with Gasteiger partial charge in [-0.25, -0.2) is 0 Å². The van der Waals surface area contributed by atoms with E-state index in [1.54, 1.807) is 7.11 Å². The molecule has 1 aromatic rings. The summed E-state index contributed by atoms with van der Waals surface area (Å²) in [5.41, 5.74) is 0.290. The highest BCUT2D eigenvalue weighted by Crippen LogP contribution is 2.32. The zero-order chi connectivity index (χ0) is 13.8. The van der Waals surface area contributed by atoms with Crippen molar-refractivity contribution in [2.45, 2.75) is 51.9 Å². The number of methoxy groups -OCH3 is 1. The molecule has 102 valence electrons. The van der Waals surface area contributed by atoms with Crippen LogP contribution in [0.2, 0.25) is 0 Å². The largest absolute Gasteiger partial charge is 0.491 e. The predicted molar refractivity (Wildman–Crippen MR) is 72.9 cm³/mol. The molecule has 0 aliphatic heterocycles. The molecule has 2 unspecified atom stereocenters. The topological polar surface area (TPSA) is 38.7 Å². The lowest BCUT2D eigenvalue weighted by molar-refractivity contribution is -0.0944. The molecule has 2 atom stereocenters.